The first kappa shape index (κ1) is 28.0. The summed E-state index contributed by atoms with van der Waals surface area (Å²) in [6.45, 7) is 2.89. The van der Waals surface area contributed by atoms with Gasteiger partial charge in [0.25, 0.3) is 5.91 Å². The van der Waals surface area contributed by atoms with Crippen molar-refractivity contribution in [2.75, 3.05) is 11.1 Å². The molecule has 0 aliphatic rings. The van der Waals surface area contributed by atoms with Crippen LogP contribution < -0.4 is 15.8 Å². The van der Waals surface area contributed by atoms with Crippen molar-refractivity contribution in [1.82, 2.24) is 19.7 Å². The molecule has 0 atom stereocenters. The molecule has 14 heteroatoms. The zero-order valence-electron chi connectivity index (χ0n) is 20.7. The third-order valence-corrected chi connectivity index (χ3v) is 5.07. The van der Waals surface area contributed by atoms with Gasteiger partial charge in [-0.1, -0.05) is 11.8 Å². The van der Waals surface area contributed by atoms with Crippen molar-refractivity contribution in [3.8, 4) is 29.2 Å². The van der Waals surface area contributed by atoms with Crippen LogP contribution in [0.2, 0.25) is 0 Å². The molecule has 4 aromatic rings. The van der Waals surface area contributed by atoms with Crippen molar-refractivity contribution in [3.05, 3.63) is 83.4 Å². The lowest BCUT2D eigenvalue weighted by molar-refractivity contribution is -0.143. The Kier molecular flexibility index (Phi) is 7.43. The number of alkyl halides is 3. The lowest BCUT2D eigenvalue weighted by atomic mass is 10.1. The van der Waals surface area contributed by atoms with E-state index < -0.39 is 46.4 Å². The van der Waals surface area contributed by atoms with E-state index in [1.54, 1.807) is 0 Å². The average Bonchev–Trinajstić information content (AvgIpc) is 3.31. The molecule has 0 unspecified atom stereocenters. The third-order valence-electron chi connectivity index (χ3n) is 5.07. The number of carbonyl (C=O) groups is 1. The molecule has 0 aliphatic carbocycles. The summed E-state index contributed by atoms with van der Waals surface area (Å²) >= 11 is 0. The average molecular weight is 558 g/mol. The van der Waals surface area contributed by atoms with Gasteiger partial charge in [0.2, 0.25) is 0 Å². The largest absolute Gasteiger partial charge is 0.453 e. The maximum Gasteiger partial charge on any atom is 0.434 e. The number of nitrogens with two attached hydrogens (primary N) is 1. The number of aliphatic hydroxyl groups is 1. The summed E-state index contributed by atoms with van der Waals surface area (Å²) in [5.41, 5.74) is 1.83. The second kappa shape index (κ2) is 10.6. The van der Waals surface area contributed by atoms with Gasteiger partial charge in [-0.2, -0.15) is 18.3 Å². The number of amides is 1. The number of anilines is 2. The molecule has 206 valence electrons. The Labute approximate surface area is 223 Å². The van der Waals surface area contributed by atoms with Crippen molar-refractivity contribution in [2.45, 2.75) is 25.6 Å². The Morgan fingerprint density at radius 1 is 1.07 bits per heavy atom. The van der Waals surface area contributed by atoms with Crippen LogP contribution in [0.15, 0.2) is 55.0 Å². The number of halogens is 5. The van der Waals surface area contributed by atoms with Gasteiger partial charge < -0.3 is 20.9 Å². The predicted octanol–water partition coefficient (Wildman–Crippen LogP) is 4.71. The van der Waals surface area contributed by atoms with Crippen LogP contribution in [0.3, 0.4) is 0 Å². The molecule has 3 aromatic heterocycles. The molecular weight excluding hydrogens is 539 g/mol. The number of hydrogen-bond donors (Lipinski definition) is 3. The van der Waals surface area contributed by atoms with Gasteiger partial charge in [0.05, 0.1) is 11.8 Å². The van der Waals surface area contributed by atoms with Crippen LogP contribution in [-0.4, -0.2) is 36.4 Å². The Bertz CT molecular complexity index is 1650. The lowest BCUT2D eigenvalue weighted by Gasteiger charge is -2.13. The van der Waals surface area contributed by atoms with E-state index in [0.29, 0.717) is 6.20 Å². The molecule has 4 N–H and O–H groups in total. The van der Waals surface area contributed by atoms with E-state index in [2.05, 4.69) is 32.2 Å². The normalized spacial score (nSPS) is 11.5. The fourth-order valence-corrected chi connectivity index (χ4v) is 3.34. The molecule has 0 spiro atoms. The first-order valence-electron chi connectivity index (χ1n) is 11.3. The fourth-order valence-electron chi connectivity index (χ4n) is 3.34. The van der Waals surface area contributed by atoms with Crippen molar-refractivity contribution in [1.29, 1.82) is 0 Å². The number of rotatable bonds is 5. The molecule has 0 saturated carbocycles. The Balaban J connectivity index is 1.61. The number of nitrogen functional groups attached to an aromatic ring is 1. The van der Waals surface area contributed by atoms with E-state index in [-0.39, 0.29) is 33.2 Å². The standard InChI is InChI=1S/C26H19F5N6O3/c1-25(2,39)9-7-15-19(8-11-33-22(15)32)40-20-6-5-14(12-18(20)28)36-24(38)16-13-35-37(21(16)26(29,30)31)23-17(27)4-3-10-34-23/h3-6,8,10-13,39H,1-2H3,(H2,32,33)(H,36,38). The molecule has 1 aromatic carbocycles. The SMILES string of the molecule is CC(C)(O)C#Cc1c(Oc2ccc(NC(=O)c3cnn(-c4ncccc4F)c3C(F)(F)F)cc2F)ccnc1N. The van der Waals surface area contributed by atoms with Crippen molar-refractivity contribution in [3.63, 3.8) is 0 Å². The van der Waals surface area contributed by atoms with Crippen LogP contribution in [0.5, 0.6) is 11.5 Å². The van der Waals surface area contributed by atoms with Gasteiger partial charge in [0.1, 0.15) is 22.7 Å². The number of carbonyl (C=O) groups excluding carboxylic acids is 1. The van der Waals surface area contributed by atoms with Crippen LogP contribution in [0.1, 0.15) is 35.5 Å². The van der Waals surface area contributed by atoms with E-state index in [9.17, 15) is 31.9 Å². The van der Waals surface area contributed by atoms with Gasteiger partial charge in [-0.25, -0.2) is 23.4 Å². The van der Waals surface area contributed by atoms with Crippen LogP contribution >= 0.6 is 0 Å². The summed E-state index contributed by atoms with van der Waals surface area (Å²) < 4.78 is 76.3. The summed E-state index contributed by atoms with van der Waals surface area (Å²) in [4.78, 5) is 20.2. The Morgan fingerprint density at radius 3 is 2.48 bits per heavy atom. The molecule has 3 heterocycles. The minimum absolute atomic E-state index is 0.0175. The van der Waals surface area contributed by atoms with E-state index in [1.807, 2.05) is 0 Å². The highest BCUT2D eigenvalue weighted by atomic mass is 19.4. The smallest absolute Gasteiger partial charge is 0.434 e. The van der Waals surface area contributed by atoms with E-state index in [0.717, 1.165) is 24.4 Å². The monoisotopic (exact) mass is 558 g/mol. The number of hydrogen-bond acceptors (Lipinski definition) is 7. The summed E-state index contributed by atoms with van der Waals surface area (Å²) in [5, 5.41) is 15.5. The number of nitrogens with zero attached hydrogens (tertiary/aromatic N) is 4. The van der Waals surface area contributed by atoms with Gasteiger partial charge in [-0.05, 0) is 38.1 Å². The van der Waals surface area contributed by atoms with Gasteiger partial charge in [-0.15, -0.1) is 0 Å². The summed E-state index contributed by atoms with van der Waals surface area (Å²) in [6.07, 6.45) is -2.16. The molecule has 0 aliphatic heterocycles. The van der Waals surface area contributed by atoms with Crippen LogP contribution in [0, 0.1) is 23.5 Å². The minimum Gasteiger partial charge on any atom is -0.453 e. The quantitative estimate of drug-likeness (QED) is 0.239. The summed E-state index contributed by atoms with van der Waals surface area (Å²) in [5.74, 6) is 0.709. The number of aromatic nitrogens is 4. The zero-order chi connectivity index (χ0) is 29.2. The topological polar surface area (TPSA) is 128 Å². The maximum absolute atomic E-state index is 14.9. The molecule has 0 saturated heterocycles. The first-order valence-corrected chi connectivity index (χ1v) is 11.3. The van der Waals surface area contributed by atoms with E-state index in [1.165, 1.54) is 38.2 Å². The second-order valence-corrected chi connectivity index (χ2v) is 8.70. The highest BCUT2D eigenvalue weighted by molar-refractivity contribution is 6.05. The molecular formula is C26H19F5N6O3. The molecule has 40 heavy (non-hydrogen) atoms. The highest BCUT2D eigenvalue weighted by Gasteiger charge is 2.41. The molecule has 0 bridgehead atoms. The van der Waals surface area contributed by atoms with Crippen LogP contribution in [-0.2, 0) is 6.18 Å². The molecule has 1 amide bonds. The van der Waals surface area contributed by atoms with Gasteiger partial charge in [0.15, 0.2) is 28.9 Å². The van der Waals surface area contributed by atoms with Gasteiger partial charge in [0, 0.05) is 30.2 Å². The number of pyridine rings is 2. The first-order chi connectivity index (χ1) is 18.7. The zero-order valence-corrected chi connectivity index (χ0v) is 20.7. The molecule has 0 fully saturated rings. The molecule has 4 rings (SSSR count). The minimum atomic E-state index is -5.12. The van der Waals surface area contributed by atoms with Crippen molar-refractivity contribution < 1.29 is 36.6 Å². The second-order valence-electron chi connectivity index (χ2n) is 8.70. The Hall–Kier alpha value is -5.03. The summed E-state index contributed by atoms with van der Waals surface area (Å²) in [6, 6.07) is 6.54. The fraction of sp³-hybridized carbons (Fsp3) is 0.154. The lowest BCUT2D eigenvalue weighted by Crippen LogP contribution is -2.21. The van der Waals surface area contributed by atoms with Crippen LogP contribution in [0.4, 0.5) is 33.5 Å². The number of ether oxygens (including phenoxy) is 1. The molecule has 9 nitrogen and oxygen atoms in total. The van der Waals surface area contributed by atoms with Crippen molar-refractivity contribution in [2.24, 2.45) is 0 Å². The molecule has 0 radical (unpaired) electrons. The number of benzene rings is 1. The maximum atomic E-state index is 14.9. The Morgan fingerprint density at radius 2 is 1.82 bits per heavy atom. The van der Waals surface area contributed by atoms with E-state index >= 15 is 0 Å². The summed E-state index contributed by atoms with van der Waals surface area (Å²) in [7, 11) is 0. The van der Waals surface area contributed by atoms with Crippen molar-refractivity contribution >= 4 is 17.4 Å². The third kappa shape index (κ3) is 6.16. The van der Waals surface area contributed by atoms with E-state index in [4.69, 9.17) is 10.5 Å². The van der Waals surface area contributed by atoms with Gasteiger partial charge in [-0.3, -0.25) is 4.79 Å². The predicted molar refractivity (Wildman–Crippen MR) is 133 cm³/mol. The highest BCUT2D eigenvalue weighted by Crippen LogP contribution is 2.35. The van der Waals surface area contributed by atoms with Gasteiger partial charge >= 0.3 is 6.18 Å². The number of nitrogens with one attached hydrogen (secondary N) is 1. The van der Waals surface area contributed by atoms with Crippen LogP contribution in [0.25, 0.3) is 5.82 Å².